The fourth-order valence-corrected chi connectivity index (χ4v) is 3.03. The minimum absolute atomic E-state index is 0.0713. The number of carbonyl (C=O) groups is 2. The molecule has 0 aromatic rings. The highest BCUT2D eigenvalue weighted by atomic mass is 32.2. The minimum atomic E-state index is -5.44. The van der Waals surface area contributed by atoms with Crippen LogP contribution in [0.2, 0.25) is 0 Å². The van der Waals surface area contributed by atoms with Gasteiger partial charge in [-0.05, 0) is 32.8 Å². The van der Waals surface area contributed by atoms with Crippen LogP contribution in [0.5, 0.6) is 0 Å². The second-order valence-corrected chi connectivity index (χ2v) is 8.41. The van der Waals surface area contributed by atoms with Crippen LogP contribution in [0, 0.1) is 0 Å². The molecule has 7 nitrogen and oxygen atoms in total. The first-order chi connectivity index (χ1) is 11.2. The Morgan fingerprint density at radius 2 is 1.76 bits per heavy atom. The molecular weight excluding hydrogens is 367 g/mol. The number of rotatable bonds is 3. The lowest BCUT2D eigenvalue weighted by molar-refractivity contribution is -0.136. The van der Waals surface area contributed by atoms with E-state index in [-0.39, 0.29) is 30.7 Å². The molecule has 0 radical (unpaired) electrons. The summed E-state index contributed by atoms with van der Waals surface area (Å²) in [5.74, 6) is -2.33. The first-order valence-electron chi connectivity index (χ1n) is 7.24. The van der Waals surface area contributed by atoms with Crippen molar-refractivity contribution in [2.45, 2.75) is 38.3 Å². The normalized spacial score (nSPS) is 16.7. The van der Waals surface area contributed by atoms with E-state index in [2.05, 4.69) is 4.74 Å². The van der Waals surface area contributed by atoms with Gasteiger partial charge in [0.2, 0.25) is 0 Å². The number of carbonyl (C=O) groups excluding carboxylic acids is 2. The lowest BCUT2D eigenvalue weighted by Gasteiger charge is -2.31. The van der Waals surface area contributed by atoms with E-state index in [9.17, 15) is 31.2 Å². The smallest absolute Gasteiger partial charge is 0.466 e. The van der Waals surface area contributed by atoms with Crippen molar-refractivity contribution in [1.82, 2.24) is 4.90 Å². The predicted molar refractivity (Wildman–Crippen MR) is 81.3 cm³/mol. The van der Waals surface area contributed by atoms with Gasteiger partial charge in [0.05, 0.1) is 25.0 Å². The number of methoxy groups -OCH3 is 1. The van der Waals surface area contributed by atoms with Crippen LogP contribution in [0.1, 0.15) is 27.2 Å². The van der Waals surface area contributed by atoms with Crippen molar-refractivity contribution < 1.29 is 40.7 Å². The summed E-state index contributed by atoms with van der Waals surface area (Å²) in [4.78, 5) is 25.0. The molecule has 0 spiro atoms. The summed E-state index contributed by atoms with van der Waals surface area (Å²) in [6.45, 7) is 4.44. The first-order valence-corrected chi connectivity index (χ1v) is 8.89. The molecular formula is C14H20F3NO6S. The minimum Gasteiger partial charge on any atom is -0.466 e. The van der Waals surface area contributed by atoms with E-state index in [4.69, 9.17) is 4.74 Å². The zero-order chi connectivity index (χ0) is 19.6. The molecule has 1 aliphatic heterocycles. The van der Waals surface area contributed by atoms with Crippen LogP contribution in [0.4, 0.5) is 18.0 Å². The van der Waals surface area contributed by atoms with Gasteiger partial charge in [-0.25, -0.2) is 18.0 Å². The van der Waals surface area contributed by atoms with Crippen molar-refractivity contribution in [1.29, 1.82) is 0 Å². The Labute approximate surface area is 143 Å². The lowest BCUT2D eigenvalue weighted by atomic mass is 10.0. The van der Waals surface area contributed by atoms with E-state index in [1.807, 2.05) is 0 Å². The van der Waals surface area contributed by atoms with Crippen LogP contribution in [-0.2, 0) is 24.1 Å². The summed E-state index contributed by atoms with van der Waals surface area (Å²) in [6.07, 6.45) is -0.967. The van der Waals surface area contributed by atoms with E-state index in [1.165, 1.54) is 0 Å². The van der Waals surface area contributed by atoms with E-state index in [0.717, 1.165) is 12.0 Å². The van der Waals surface area contributed by atoms with Crippen LogP contribution >= 0.6 is 0 Å². The Balaban J connectivity index is 3.11. The van der Waals surface area contributed by atoms with Crippen molar-refractivity contribution >= 4 is 21.9 Å². The number of esters is 1. The summed E-state index contributed by atoms with van der Waals surface area (Å²) >= 11 is 0. The third-order valence-electron chi connectivity index (χ3n) is 3.26. The molecule has 11 heteroatoms. The topological polar surface area (TPSA) is 90.0 Å². The number of ether oxygens (including phenoxy) is 2. The van der Waals surface area contributed by atoms with E-state index < -0.39 is 38.8 Å². The maximum atomic E-state index is 12.6. The largest absolute Gasteiger partial charge is 0.497 e. The monoisotopic (exact) mass is 387 g/mol. The highest BCUT2D eigenvalue weighted by molar-refractivity contribution is 7.92. The zero-order valence-corrected chi connectivity index (χ0v) is 15.1. The molecule has 25 heavy (non-hydrogen) atoms. The van der Waals surface area contributed by atoms with Crippen LogP contribution in [0.15, 0.2) is 11.1 Å². The molecule has 1 rings (SSSR count). The second-order valence-electron chi connectivity index (χ2n) is 6.43. The summed E-state index contributed by atoms with van der Waals surface area (Å²) in [5, 5.41) is 0. The Morgan fingerprint density at radius 1 is 1.20 bits per heavy atom. The highest BCUT2D eigenvalue weighted by Gasteiger charge is 2.46. The van der Waals surface area contributed by atoms with Gasteiger partial charge in [-0.3, -0.25) is 0 Å². The number of nitrogens with zero attached hydrogens (tertiary/aromatic N) is 1. The SMILES string of the molecule is COC(=O)C1=C(CS(=O)(=O)C(F)(F)F)CCN(C(=O)OC(C)(C)C)C1. The third-order valence-corrected chi connectivity index (χ3v) is 4.69. The van der Waals surface area contributed by atoms with E-state index in [1.54, 1.807) is 20.8 Å². The fraction of sp³-hybridized carbons (Fsp3) is 0.714. The Bertz CT molecular complexity index is 676. The molecule has 144 valence electrons. The first kappa shape index (κ1) is 21.3. The molecule has 0 atom stereocenters. The molecule has 0 aliphatic carbocycles. The number of halogens is 3. The van der Waals surface area contributed by atoms with Gasteiger partial charge in [-0.15, -0.1) is 0 Å². The molecule has 1 heterocycles. The van der Waals surface area contributed by atoms with Gasteiger partial charge < -0.3 is 14.4 Å². The van der Waals surface area contributed by atoms with Crippen molar-refractivity contribution in [2.75, 3.05) is 26.0 Å². The second kappa shape index (κ2) is 7.22. The predicted octanol–water partition coefficient (Wildman–Crippen LogP) is 2.03. The summed E-state index contributed by atoms with van der Waals surface area (Å²) < 4.78 is 70.1. The Kier molecular flexibility index (Phi) is 6.14. The Hall–Kier alpha value is -1.78. The summed E-state index contributed by atoms with van der Waals surface area (Å²) in [7, 11) is -4.43. The van der Waals surface area contributed by atoms with Gasteiger partial charge >= 0.3 is 17.6 Å². The molecule has 1 aliphatic rings. The number of hydrogen-bond donors (Lipinski definition) is 0. The molecule has 0 saturated heterocycles. The van der Waals surface area contributed by atoms with Crippen LogP contribution < -0.4 is 0 Å². The van der Waals surface area contributed by atoms with Gasteiger partial charge in [0, 0.05) is 6.54 Å². The average molecular weight is 387 g/mol. The lowest BCUT2D eigenvalue weighted by Crippen LogP contribution is -2.43. The van der Waals surface area contributed by atoms with Gasteiger partial charge in [0.15, 0.2) is 0 Å². The molecule has 0 aromatic heterocycles. The summed E-state index contributed by atoms with van der Waals surface area (Å²) in [6, 6.07) is 0. The standard InChI is InChI=1S/C14H20F3NO6S/c1-13(2,3)24-12(20)18-6-5-9(10(7-18)11(19)23-4)8-25(21,22)14(15,16)17/h5-8H2,1-4H3. The molecule has 0 unspecified atom stereocenters. The molecule has 0 bridgehead atoms. The molecule has 1 amide bonds. The molecule has 0 N–H and O–H groups in total. The van der Waals surface area contributed by atoms with Gasteiger partial charge in [0.1, 0.15) is 5.60 Å². The number of sulfone groups is 1. The van der Waals surface area contributed by atoms with Crippen LogP contribution in [0.3, 0.4) is 0 Å². The molecule has 0 saturated carbocycles. The van der Waals surface area contributed by atoms with Crippen LogP contribution in [-0.4, -0.2) is 62.4 Å². The molecule has 0 aromatic carbocycles. The molecule has 0 fully saturated rings. The van der Waals surface area contributed by atoms with Crippen molar-refractivity contribution in [2.24, 2.45) is 0 Å². The Morgan fingerprint density at radius 3 is 2.20 bits per heavy atom. The third kappa shape index (κ3) is 5.62. The summed E-state index contributed by atoms with van der Waals surface area (Å²) in [5.41, 5.74) is -6.73. The maximum Gasteiger partial charge on any atom is 0.497 e. The van der Waals surface area contributed by atoms with Gasteiger partial charge in [-0.2, -0.15) is 13.2 Å². The van der Waals surface area contributed by atoms with E-state index >= 15 is 0 Å². The quantitative estimate of drug-likeness (QED) is 0.689. The fourth-order valence-electron chi connectivity index (χ4n) is 2.09. The number of alkyl halides is 3. The van der Waals surface area contributed by atoms with Crippen molar-refractivity contribution in [3.63, 3.8) is 0 Å². The van der Waals surface area contributed by atoms with Crippen molar-refractivity contribution in [3.8, 4) is 0 Å². The number of hydrogen-bond acceptors (Lipinski definition) is 6. The van der Waals surface area contributed by atoms with Crippen LogP contribution in [0.25, 0.3) is 0 Å². The highest BCUT2D eigenvalue weighted by Crippen LogP contribution is 2.29. The van der Waals surface area contributed by atoms with E-state index in [0.29, 0.717) is 0 Å². The van der Waals surface area contributed by atoms with Crippen molar-refractivity contribution in [3.05, 3.63) is 11.1 Å². The average Bonchev–Trinajstić information content (AvgIpc) is 2.43. The number of amides is 1. The maximum absolute atomic E-state index is 12.6. The zero-order valence-electron chi connectivity index (χ0n) is 14.3. The van der Waals surface area contributed by atoms with Gasteiger partial charge in [-0.1, -0.05) is 0 Å². The van der Waals surface area contributed by atoms with Gasteiger partial charge in [0.25, 0.3) is 9.84 Å².